The third-order valence-electron chi connectivity index (χ3n) is 4.94. The number of carbonyl (C=O) groups is 3. The Morgan fingerprint density at radius 3 is 2.35 bits per heavy atom. The zero-order valence-corrected chi connectivity index (χ0v) is 14.9. The largest absolute Gasteiger partial charge is 0.336 e. The Morgan fingerprint density at radius 1 is 1.26 bits per heavy atom. The van der Waals surface area contributed by atoms with Gasteiger partial charge in [-0.05, 0) is 52.4 Å². The lowest BCUT2D eigenvalue weighted by atomic mass is 9.91. The molecule has 0 spiro atoms. The maximum absolute atomic E-state index is 12.7. The summed E-state index contributed by atoms with van der Waals surface area (Å²) in [6.07, 6.45) is 3.63. The van der Waals surface area contributed by atoms with Crippen molar-refractivity contribution in [2.45, 2.75) is 77.9 Å². The van der Waals surface area contributed by atoms with Crippen LogP contribution in [0.2, 0.25) is 0 Å². The van der Waals surface area contributed by atoms with Crippen molar-refractivity contribution in [3.05, 3.63) is 0 Å². The molecule has 0 bridgehead atoms. The first-order valence-corrected chi connectivity index (χ1v) is 8.61. The van der Waals surface area contributed by atoms with Crippen LogP contribution in [-0.4, -0.2) is 51.8 Å². The summed E-state index contributed by atoms with van der Waals surface area (Å²) in [6, 6.07) is -0.132. The first-order chi connectivity index (χ1) is 10.7. The Bertz CT molecular complexity index is 495. The molecule has 0 aromatic rings. The van der Waals surface area contributed by atoms with Crippen LogP contribution < -0.4 is 5.32 Å². The van der Waals surface area contributed by atoms with E-state index in [1.165, 1.54) is 0 Å². The molecule has 2 heterocycles. The quantitative estimate of drug-likeness (QED) is 0.806. The van der Waals surface area contributed by atoms with E-state index >= 15 is 0 Å². The number of urea groups is 1. The highest BCUT2D eigenvalue weighted by molar-refractivity contribution is 6.08. The van der Waals surface area contributed by atoms with E-state index in [1.54, 1.807) is 6.92 Å². The van der Waals surface area contributed by atoms with E-state index in [0.29, 0.717) is 6.42 Å². The van der Waals surface area contributed by atoms with E-state index in [1.807, 2.05) is 32.6 Å². The summed E-state index contributed by atoms with van der Waals surface area (Å²) < 4.78 is 0. The van der Waals surface area contributed by atoms with E-state index < -0.39 is 11.6 Å². The maximum atomic E-state index is 12.7. The third kappa shape index (κ3) is 3.51. The minimum absolute atomic E-state index is 0.137. The first-order valence-electron chi connectivity index (χ1n) is 8.61. The summed E-state index contributed by atoms with van der Waals surface area (Å²) in [5, 5.41) is 2.76. The standard InChI is InChI=1S/C17H29N3O3/c1-11(2)9-17(5)15(22)19(16(23)18-17)10-14(21)20-12(3)7-6-8-13(20)4/h11-13H,6-10H2,1-5H3,(H,18,23)/t12-,13-,17+/m0/s1. The molecule has 6 nitrogen and oxygen atoms in total. The molecule has 1 N–H and O–H groups in total. The van der Waals surface area contributed by atoms with Crippen LogP contribution in [0.5, 0.6) is 0 Å². The number of piperidine rings is 1. The average molecular weight is 323 g/mol. The molecule has 130 valence electrons. The fourth-order valence-electron chi connectivity index (χ4n) is 3.98. The number of hydrogen-bond acceptors (Lipinski definition) is 3. The number of nitrogens with one attached hydrogen (secondary N) is 1. The van der Waals surface area contributed by atoms with Gasteiger partial charge < -0.3 is 10.2 Å². The van der Waals surface area contributed by atoms with Crippen LogP contribution in [0.1, 0.15) is 60.3 Å². The van der Waals surface area contributed by atoms with E-state index in [4.69, 9.17) is 0 Å². The zero-order valence-electron chi connectivity index (χ0n) is 14.9. The van der Waals surface area contributed by atoms with E-state index in [0.717, 1.165) is 24.2 Å². The smallest absolute Gasteiger partial charge is 0.325 e. The lowest BCUT2D eigenvalue weighted by Gasteiger charge is -2.39. The Balaban J connectivity index is 2.09. The van der Waals surface area contributed by atoms with Crippen molar-refractivity contribution in [1.29, 1.82) is 0 Å². The predicted molar refractivity (Wildman–Crippen MR) is 87.7 cm³/mol. The Labute approximate surface area is 138 Å². The van der Waals surface area contributed by atoms with Crippen LogP contribution in [0.15, 0.2) is 0 Å². The highest BCUT2D eigenvalue weighted by Gasteiger charge is 2.49. The van der Waals surface area contributed by atoms with Gasteiger partial charge in [0.25, 0.3) is 5.91 Å². The molecule has 4 amide bonds. The molecule has 23 heavy (non-hydrogen) atoms. The molecule has 2 saturated heterocycles. The molecule has 2 aliphatic heterocycles. The summed E-state index contributed by atoms with van der Waals surface area (Å²) in [6.45, 7) is 9.66. The molecular weight excluding hydrogens is 294 g/mol. The van der Waals surface area contributed by atoms with Crippen LogP contribution in [0.3, 0.4) is 0 Å². The Morgan fingerprint density at radius 2 is 1.83 bits per heavy atom. The molecule has 6 heteroatoms. The summed E-state index contributed by atoms with van der Waals surface area (Å²) in [5.41, 5.74) is -0.898. The molecule has 0 aromatic carbocycles. The molecule has 3 atom stereocenters. The van der Waals surface area contributed by atoms with Crippen molar-refractivity contribution in [2.75, 3.05) is 6.54 Å². The van der Waals surface area contributed by atoms with E-state index in [2.05, 4.69) is 5.32 Å². The van der Waals surface area contributed by atoms with Crippen molar-refractivity contribution in [1.82, 2.24) is 15.1 Å². The number of likely N-dealkylation sites (tertiary alicyclic amines) is 1. The SMILES string of the molecule is CC(C)C[C@@]1(C)NC(=O)N(CC(=O)N2[C@@H](C)CCC[C@@H]2C)C1=O. The van der Waals surface area contributed by atoms with E-state index in [9.17, 15) is 14.4 Å². The van der Waals surface area contributed by atoms with Gasteiger partial charge in [-0.3, -0.25) is 14.5 Å². The van der Waals surface area contributed by atoms with Gasteiger partial charge in [0, 0.05) is 12.1 Å². The Kier molecular flexibility index (Phi) is 5.01. The van der Waals surface area contributed by atoms with Gasteiger partial charge in [-0.25, -0.2) is 4.79 Å². The van der Waals surface area contributed by atoms with Gasteiger partial charge in [0.1, 0.15) is 12.1 Å². The number of rotatable bonds is 4. The molecule has 0 saturated carbocycles. The predicted octanol–water partition coefficient (Wildman–Crippen LogP) is 2.13. The van der Waals surface area contributed by atoms with Crippen molar-refractivity contribution in [2.24, 2.45) is 5.92 Å². The monoisotopic (exact) mass is 323 g/mol. The van der Waals surface area contributed by atoms with Crippen LogP contribution in [0.4, 0.5) is 4.79 Å². The molecule has 2 rings (SSSR count). The highest BCUT2D eigenvalue weighted by Crippen LogP contribution is 2.26. The summed E-state index contributed by atoms with van der Waals surface area (Å²) in [4.78, 5) is 40.4. The second-order valence-electron chi connectivity index (χ2n) is 7.68. The molecule has 0 aliphatic carbocycles. The van der Waals surface area contributed by atoms with Gasteiger partial charge in [0.15, 0.2) is 0 Å². The highest BCUT2D eigenvalue weighted by atomic mass is 16.2. The van der Waals surface area contributed by atoms with Crippen LogP contribution in [0, 0.1) is 5.92 Å². The lowest BCUT2D eigenvalue weighted by Crippen LogP contribution is -2.52. The van der Waals surface area contributed by atoms with Gasteiger partial charge in [-0.2, -0.15) is 0 Å². The van der Waals surface area contributed by atoms with Crippen LogP contribution >= 0.6 is 0 Å². The number of hydrogen-bond donors (Lipinski definition) is 1. The van der Waals surface area contributed by atoms with Gasteiger partial charge >= 0.3 is 6.03 Å². The first kappa shape index (κ1) is 17.8. The molecule has 0 aromatic heterocycles. The van der Waals surface area contributed by atoms with Gasteiger partial charge in [0.05, 0.1) is 0 Å². The fourth-order valence-corrected chi connectivity index (χ4v) is 3.98. The number of nitrogens with zero attached hydrogens (tertiary/aromatic N) is 2. The summed E-state index contributed by atoms with van der Waals surface area (Å²) in [7, 11) is 0. The number of imide groups is 1. The summed E-state index contributed by atoms with van der Waals surface area (Å²) >= 11 is 0. The van der Waals surface area contributed by atoms with Crippen LogP contribution in [0.25, 0.3) is 0 Å². The zero-order chi connectivity index (χ0) is 17.4. The third-order valence-corrected chi connectivity index (χ3v) is 4.94. The van der Waals surface area contributed by atoms with E-state index in [-0.39, 0.29) is 36.4 Å². The summed E-state index contributed by atoms with van der Waals surface area (Å²) in [5.74, 6) is -0.147. The van der Waals surface area contributed by atoms with Crippen molar-refractivity contribution in [3.63, 3.8) is 0 Å². The Hall–Kier alpha value is -1.59. The average Bonchev–Trinajstić information content (AvgIpc) is 2.61. The number of amides is 4. The molecular formula is C17H29N3O3. The normalized spacial score (nSPS) is 31.7. The molecule has 2 fully saturated rings. The maximum Gasteiger partial charge on any atom is 0.325 e. The van der Waals surface area contributed by atoms with Crippen LogP contribution in [-0.2, 0) is 9.59 Å². The second-order valence-corrected chi connectivity index (χ2v) is 7.68. The minimum Gasteiger partial charge on any atom is -0.336 e. The molecule has 0 radical (unpaired) electrons. The molecule has 2 aliphatic rings. The van der Waals surface area contributed by atoms with Crippen molar-refractivity contribution < 1.29 is 14.4 Å². The van der Waals surface area contributed by atoms with Crippen molar-refractivity contribution in [3.8, 4) is 0 Å². The lowest BCUT2D eigenvalue weighted by molar-refractivity contribution is -0.142. The topological polar surface area (TPSA) is 69.7 Å². The van der Waals surface area contributed by atoms with Gasteiger partial charge in [-0.1, -0.05) is 13.8 Å². The fraction of sp³-hybridized carbons (Fsp3) is 0.824. The van der Waals surface area contributed by atoms with Gasteiger partial charge in [-0.15, -0.1) is 0 Å². The number of carbonyl (C=O) groups excluding carboxylic acids is 3. The van der Waals surface area contributed by atoms with Gasteiger partial charge in [0.2, 0.25) is 5.91 Å². The second kappa shape index (κ2) is 6.49. The molecule has 0 unspecified atom stereocenters. The minimum atomic E-state index is -0.898. The van der Waals surface area contributed by atoms with Crippen molar-refractivity contribution >= 4 is 17.8 Å².